The van der Waals surface area contributed by atoms with Crippen LogP contribution < -0.4 is 9.47 Å². The normalized spacial score (nSPS) is 11.5. The Bertz CT molecular complexity index is 742. The quantitative estimate of drug-likeness (QED) is 0.217. The van der Waals surface area contributed by atoms with E-state index in [2.05, 4.69) is 22.1 Å². The summed E-state index contributed by atoms with van der Waals surface area (Å²) in [6, 6.07) is 7.89. The highest BCUT2D eigenvalue weighted by Crippen LogP contribution is 2.22. The van der Waals surface area contributed by atoms with Crippen molar-refractivity contribution in [3.63, 3.8) is 0 Å². The summed E-state index contributed by atoms with van der Waals surface area (Å²) in [6.45, 7) is 6.98. The highest BCUT2D eigenvalue weighted by atomic mass is 32.1. The first-order valence-corrected chi connectivity index (χ1v) is 11.3. The number of hydrogen-bond donors (Lipinski definition) is 2. The van der Waals surface area contributed by atoms with Crippen LogP contribution in [0.3, 0.4) is 0 Å². The third-order valence-electron chi connectivity index (χ3n) is 4.32. The molecule has 1 aromatic heterocycles. The van der Waals surface area contributed by atoms with E-state index < -0.39 is 0 Å². The molecule has 9 nitrogen and oxygen atoms in total. The lowest BCUT2D eigenvalue weighted by atomic mass is 10.2. The second-order valence-electron chi connectivity index (χ2n) is 6.46. The van der Waals surface area contributed by atoms with E-state index >= 15 is 0 Å². The van der Waals surface area contributed by atoms with E-state index in [-0.39, 0.29) is 13.2 Å². The fourth-order valence-electron chi connectivity index (χ4n) is 2.72. The predicted molar refractivity (Wildman–Crippen MR) is 120 cm³/mol. The molecule has 0 saturated heterocycles. The second kappa shape index (κ2) is 15.8. The minimum Gasteiger partial charge on any atom is -0.394 e. The number of benzene rings is 1. The number of rotatable bonds is 17. The van der Waals surface area contributed by atoms with Gasteiger partial charge in [0.2, 0.25) is 0 Å². The largest absolute Gasteiger partial charge is 0.408 e. The lowest BCUT2D eigenvalue weighted by Gasteiger charge is -2.24. The number of ether oxygens (including phenoxy) is 3. The Morgan fingerprint density at radius 3 is 2.10 bits per heavy atom. The van der Waals surface area contributed by atoms with Crippen molar-refractivity contribution in [1.29, 1.82) is 0 Å². The molecule has 0 atom stereocenters. The number of aromatic nitrogens is 1. The number of aliphatic hydroxyl groups excluding tert-OH is 2. The minimum atomic E-state index is 0.0128. The number of hydrogen-bond acceptors (Lipinski definition) is 9. The van der Waals surface area contributed by atoms with Crippen LogP contribution in [-0.4, -0.2) is 76.2 Å². The maximum atomic E-state index is 8.89. The molecule has 0 spiro atoms. The fraction of sp³-hybridized carbons (Fsp3) is 0.571. The Kier molecular flexibility index (Phi) is 12.9. The van der Waals surface area contributed by atoms with Gasteiger partial charge in [-0.1, -0.05) is 0 Å². The van der Waals surface area contributed by atoms with Crippen LogP contribution in [0.15, 0.2) is 46.1 Å². The average Bonchev–Trinajstić information content (AvgIpc) is 3.26. The van der Waals surface area contributed by atoms with Crippen LogP contribution in [0.25, 0.3) is 0 Å². The lowest BCUT2D eigenvalue weighted by Crippen LogP contribution is -2.31. The van der Waals surface area contributed by atoms with Crippen LogP contribution in [0.2, 0.25) is 0 Å². The highest BCUT2D eigenvalue weighted by molar-refractivity contribution is 7.12. The van der Waals surface area contributed by atoms with Gasteiger partial charge in [0.05, 0.1) is 64.5 Å². The van der Waals surface area contributed by atoms with Gasteiger partial charge in [-0.05, 0) is 47.6 Å². The van der Waals surface area contributed by atoms with Gasteiger partial charge in [0.1, 0.15) is 11.9 Å². The van der Waals surface area contributed by atoms with Crippen LogP contribution in [0.5, 0.6) is 0 Å². The van der Waals surface area contributed by atoms with E-state index in [0.717, 1.165) is 23.1 Å². The highest BCUT2D eigenvalue weighted by Gasteiger charge is 2.10. The Morgan fingerprint density at radius 1 is 0.871 bits per heavy atom. The third-order valence-corrected chi connectivity index (χ3v) is 5.11. The van der Waals surface area contributed by atoms with Crippen molar-refractivity contribution in [2.45, 2.75) is 13.5 Å². The van der Waals surface area contributed by atoms with E-state index in [0.29, 0.717) is 52.7 Å². The number of nitrogens with zero attached hydrogens (tertiary/aromatic N) is 4. The molecular formula is C21H33N4O5S+. The van der Waals surface area contributed by atoms with Gasteiger partial charge in [0, 0.05) is 24.2 Å². The van der Waals surface area contributed by atoms with E-state index in [9.17, 15) is 0 Å². The number of azo groups is 1. The molecule has 2 aromatic rings. The average molecular weight is 454 g/mol. The van der Waals surface area contributed by atoms with E-state index in [1.54, 1.807) is 11.3 Å². The monoisotopic (exact) mass is 453 g/mol. The molecular weight excluding hydrogens is 420 g/mol. The molecule has 0 amide bonds. The SMILES string of the molecule is CC[n+]1ccsc1/N=N/c1ccc(N(CCOCCO)CCOCCOCCO)cc1. The molecule has 0 saturated carbocycles. The molecule has 0 aliphatic heterocycles. The maximum Gasteiger partial charge on any atom is 0.408 e. The van der Waals surface area contributed by atoms with Gasteiger partial charge in [-0.3, -0.25) is 0 Å². The first-order valence-electron chi connectivity index (χ1n) is 10.5. The van der Waals surface area contributed by atoms with Crippen LogP contribution in [0, 0.1) is 0 Å². The molecule has 0 fully saturated rings. The number of anilines is 1. The van der Waals surface area contributed by atoms with E-state index in [4.69, 9.17) is 24.4 Å². The van der Waals surface area contributed by atoms with Gasteiger partial charge < -0.3 is 29.3 Å². The standard InChI is InChI=1S/C21H33N4O5S/c1-2-24-9-18-31-21(24)23-22-19-3-5-20(6-4-19)25(7-12-28-14-10-26)8-13-29-16-17-30-15-11-27/h3-6,9,18,26-27H,2,7-8,10-17H2,1H3/q+1. The molecule has 0 bridgehead atoms. The molecule has 1 heterocycles. The van der Waals surface area contributed by atoms with Gasteiger partial charge in [-0.15, -0.1) is 0 Å². The molecule has 2 rings (SSSR count). The smallest absolute Gasteiger partial charge is 0.394 e. The van der Waals surface area contributed by atoms with Crippen molar-refractivity contribution in [2.75, 3.05) is 70.8 Å². The van der Waals surface area contributed by atoms with Crippen molar-refractivity contribution >= 4 is 27.8 Å². The van der Waals surface area contributed by atoms with Crippen LogP contribution >= 0.6 is 11.3 Å². The van der Waals surface area contributed by atoms with Gasteiger partial charge in [-0.2, -0.15) is 0 Å². The maximum absolute atomic E-state index is 8.89. The zero-order chi connectivity index (χ0) is 22.2. The molecule has 31 heavy (non-hydrogen) atoms. The molecule has 0 radical (unpaired) electrons. The van der Waals surface area contributed by atoms with Gasteiger partial charge >= 0.3 is 5.13 Å². The molecule has 2 N–H and O–H groups in total. The van der Waals surface area contributed by atoms with Crippen molar-refractivity contribution in [3.8, 4) is 0 Å². The third kappa shape index (κ3) is 9.81. The zero-order valence-electron chi connectivity index (χ0n) is 18.1. The summed E-state index contributed by atoms with van der Waals surface area (Å²) in [5.74, 6) is 0. The summed E-state index contributed by atoms with van der Waals surface area (Å²) < 4.78 is 18.3. The predicted octanol–water partition coefficient (Wildman–Crippen LogP) is 2.31. The Morgan fingerprint density at radius 2 is 1.48 bits per heavy atom. The summed E-state index contributed by atoms with van der Waals surface area (Å²) >= 11 is 1.56. The van der Waals surface area contributed by atoms with E-state index in [1.807, 2.05) is 40.4 Å². The molecule has 172 valence electrons. The lowest BCUT2D eigenvalue weighted by molar-refractivity contribution is -0.676. The zero-order valence-corrected chi connectivity index (χ0v) is 18.9. The second-order valence-corrected chi connectivity index (χ2v) is 7.33. The van der Waals surface area contributed by atoms with Gasteiger partial charge in [0.25, 0.3) is 0 Å². The fourth-order valence-corrected chi connectivity index (χ4v) is 3.46. The van der Waals surface area contributed by atoms with Crippen molar-refractivity contribution in [3.05, 3.63) is 35.8 Å². The summed E-state index contributed by atoms with van der Waals surface area (Å²) in [5, 5.41) is 29.1. The minimum absolute atomic E-state index is 0.0128. The Balaban J connectivity index is 1.90. The van der Waals surface area contributed by atoms with Gasteiger partial charge in [-0.25, -0.2) is 4.57 Å². The molecule has 0 aliphatic carbocycles. The number of aliphatic hydroxyl groups is 2. The summed E-state index contributed by atoms with van der Waals surface area (Å²) in [4.78, 5) is 2.16. The molecule has 1 aromatic carbocycles. The number of aryl methyl sites for hydroxylation is 1. The molecule has 0 aliphatic rings. The van der Waals surface area contributed by atoms with Crippen LogP contribution in [-0.2, 0) is 20.8 Å². The van der Waals surface area contributed by atoms with Crippen molar-refractivity contribution in [1.82, 2.24) is 0 Å². The molecule has 10 heteroatoms. The summed E-state index contributed by atoms with van der Waals surface area (Å²) in [7, 11) is 0. The van der Waals surface area contributed by atoms with Gasteiger partial charge in [0.15, 0.2) is 0 Å². The van der Waals surface area contributed by atoms with Crippen LogP contribution in [0.1, 0.15) is 6.92 Å². The summed E-state index contributed by atoms with van der Waals surface area (Å²) in [6.07, 6.45) is 2.00. The number of thiazole rings is 1. The first-order chi connectivity index (χ1) is 15.3. The first kappa shape index (κ1) is 25.3. The topological polar surface area (TPSA) is 100.0 Å². The van der Waals surface area contributed by atoms with Crippen molar-refractivity contribution < 1.29 is 29.0 Å². The Labute approximate surface area is 187 Å². The Hall–Kier alpha value is -1.95. The van der Waals surface area contributed by atoms with Crippen molar-refractivity contribution in [2.24, 2.45) is 10.2 Å². The van der Waals surface area contributed by atoms with Crippen LogP contribution in [0.4, 0.5) is 16.5 Å². The summed E-state index contributed by atoms with van der Waals surface area (Å²) in [5.41, 5.74) is 1.82. The molecule has 0 unspecified atom stereocenters. The van der Waals surface area contributed by atoms with E-state index in [1.165, 1.54) is 0 Å².